The molecule has 0 aliphatic carbocycles. The first-order chi connectivity index (χ1) is 7.09. The van der Waals surface area contributed by atoms with Crippen molar-refractivity contribution in [1.29, 1.82) is 0 Å². The fourth-order valence-corrected chi connectivity index (χ4v) is 1.94. The molecule has 2 aromatic rings. The van der Waals surface area contributed by atoms with Crippen LogP contribution < -0.4 is 5.43 Å². The maximum Gasteiger partial charge on any atom is 0.374 e. The molecule has 0 aliphatic rings. The van der Waals surface area contributed by atoms with E-state index >= 15 is 0 Å². The zero-order chi connectivity index (χ0) is 11.0. The highest BCUT2D eigenvalue weighted by atomic mass is 32.1. The summed E-state index contributed by atoms with van der Waals surface area (Å²) in [6.07, 6.45) is 1.63. The Bertz CT molecular complexity index is 502. The molecule has 2 rings (SSSR count). The van der Waals surface area contributed by atoms with Gasteiger partial charge in [-0.05, 0) is 4.92 Å². The highest BCUT2D eigenvalue weighted by Crippen LogP contribution is 2.27. The van der Waals surface area contributed by atoms with Crippen molar-refractivity contribution in [1.82, 2.24) is 14.4 Å². The standard InChI is InChI=1S/C7H9N5O2S/c1-10(2)9-5-6(12(13)14)11-3-4-15-7(11)8-5/h3-4,9H,1-2H3. The number of nitrogens with one attached hydrogen (secondary N) is 1. The Hall–Kier alpha value is -1.67. The molecule has 0 spiro atoms. The Morgan fingerprint density at radius 3 is 3.00 bits per heavy atom. The van der Waals surface area contributed by atoms with E-state index < -0.39 is 4.92 Å². The van der Waals surface area contributed by atoms with E-state index in [4.69, 9.17) is 0 Å². The average molecular weight is 227 g/mol. The van der Waals surface area contributed by atoms with Gasteiger partial charge < -0.3 is 10.1 Å². The van der Waals surface area contributed by atoms with E-state index in [1.54, 1.807) is 30.7 Å². The molecule has 2 heterocycles. The highest BCUT2D eigenvalue weighted by Gasteiger charge is 2.23. The molecule has 80 valence electrons. The van der Waals surface area contributed by atoms with Crippen LogP contribution in [0.15, 0.2) is 11.6 Å². The number of hydrogen-bond donors (Lipinski definition) is 1. The van der Waals surface area contributed by atoms with Crippen LogP contribution in [-0.2, 0) is 0 Å². The summed E-state index contributed by atoms with van der Waals surface area (Å²) in [5.41, 5.74) is 2.80. The van der Waals surface area contributed by atoms with Gasteiger partial charge in [-0.25, -0.2) is 5.01 Å². The lowest BCUT2D eigenvalue weighted by atomic mass is 10.6. The molecule has 0 amide bonds. The van der Waals surface area contributed by atoms with Gasteiger partial charge in [0.1, 0.15) is 6.20 Å². The number of hydrogen-bond acceptors (Lipinski definition) is 6. The van der Waals surface area contributed by atoms with Gasteiger partial charge in [0.2, 0.25) is 5.82 Å². The lowest BCUT2D eigenvalue weighted by Crippen LogP contribution is -2.20. The molecule has 7 nitrogen and oxygen atoms in total. The minimum absolute atomic E-state index is 0.0417. The Morgan fingerprint density at radius 2 is 2.40 bits per heavy atom. The number of nitro groups is 1. The maximum absolute atomic E-state index is 10.9. The van der Waals surface area contributed by atoms with Crippen LogP contribution in [0.25, 0.3) is 4.96 Å². The van der Waals surface area contributed by atoms with E-state index in [2.05, 4.69) is 10.4 Å². The number of imidazole rings is 1. The number of fused-ring (bicyclic) bond motifs is 1. The number of thiazole rings is 1. The molecule has 0 bridgehead atoms. The molecule has 0 radical (unpaired) electrons. The Balaban J connectivity index is 2.57. The largest absolute Gasteiger partial charge is 0.374 e. The summed E-state index contributed by atoms with van der Waals surface area (Å²) < 4.78 is 1.45. The molecule has 0 saturated heterocycles. The van der Waals surface area contributed by atoms with E-state index in [-0.39, 0.29) is 11.6 Å². The molecular formula is C7H9N5O2S. The van der Waals surface area contributed by atoms with E-state index in [1.165, 1.54) is 15.7 Å². The number of rotatable bonds is 3. The first-order valence-electron chi connectivity index (χ1n) is 4.13. The van der Waals surface area contributed by atoms with Gasteiger partial charge in [0.15, 0.2) is 0 Å². The predicted molar refractivity (Wildman–Crippen MR) is 57.0 cm³/mol. The van der Waals surface area contributed by atoms with Gasteiger partial charge in [-0.1, -0.05) is 11.3 Å². The second kappa shape index (κ2) is 3.48. The lowest BCUT2D eigenvalue weighted by Gasteiger charge is -2.09. The highest BCUT2D eigenvalue weighted by molar-refractivity contribution is 7.15. The maximum atomic E-state index is 10.9. The molecule has 0 saturated carbocycles. The van der Waals surface area contributed by atoms with Gasteiger partial charge >= 0.3 is 5.82 Å². The van der Waals surface area contributed by atoms with Crippen LogP contribution in [0.2, 0.25) is 0 Å². The zero-order valence-electron chi connectivity index (χ0n) is 8.17. The molecule has 0 aromatic carbocycles. The predicted octanol–water partition coefficient (Wildman–Crippen LogP) is 1.19. The Kier molecular flexibility index (Phi) is 2.29. The van der Waals surface area contributed by atoms with E-state index in [0.717, 1.165) is 0 Å². The van der Waals surface area contributed by atoms with Crippen molar-refractivity contribution in [3.05, 3.63) is 21.7 Å². The van der Waals surface area contributed by atoms with Crippen molar-refractivity contribution in [3.63, 3.8) is 0 Å². The number of aromatic nitrogens is 2. The molecule has 8 heteroatoms. The topological polar surface area (TPSA) is 75.7 Å². The van der Waals surface area contributed by atoms with Crippen LogP contribution in [0.1, 0.15) is 0 Å². The smallest absolute Gasteiger partial charge is 0.358 e. The third-order valence-electron chi connectivity index (χ3n) is 1.74. The molecule has 1 N–H and O–H groups in total. The normalized spacial score (nSPS) is 11.1. The van der Waals surface area contributed by atoms with Crippen LogP contribution in [0.4, 0.5) is 11.6 Å². The molecule has 0 atom stereocenters. The van der Waals surface area contributed by atoms with Gasteiger partial charge in [0.05, 0.1) is 0 Å². The van der Waals surface area contributed by atoms with Gasteiger partial charge in [-0.15, -0.1) is 0 Å². The van der Waals surface area contributed by atoms with Gasteiger partial charge in [0.25, 0.3) is 4.96 Å². The fraction of sp³-hybridized carbons (Fsp3) is 0.286. The van der Waals surface area contributed by atoms with Crippen LogP contribution in [0.5, 0.6) is 0 Å². The molecule has 0 unspecified atom stereocenters. The minimum atomic E-state index is -0.446. The third kappa shape index (κ3) is 1.64. The third-order valence-corrected chi connectivity index (χ3v) is 2.50. The summed E-state index contributed by atoms with van der Waals surface area (Å²) in [4.78, 5) is 15.1. The number of hydrazine groups is 1. The van der Waals surface area contributed by atoms with E-state index in [9.17, 15) is 10.1 Å². The van der Waals surface area contributed by atoms with Crippen LogP contribution in [0.3, 0.4) is 0 Å². The first kappa shape index (κ1) is 9.87. The second-order valence-electron chi connectivity index (χ2n) is 3.10. The van der Waals surface area contributed by atoms with Crippen molar-refractivity contribution in [2.45, 2.75) is 0 Å². The molecule has 2 aromatic heterocycles. The first-order valence-corrected chi connectivity index (χ1v) is 5.01. The van der Waals surface area contributed by atoms with Gasteiger partial charge in [-0.3, -0.25) is 5.43 Å². The monoisotopic (exact) mass is 227 g/mol. The summed E-state index contributed by atoms with van der Waals surface area (Å²) >= 11 is 1.36. The number of nitrogens with zero attached hydrogens (tertiary/aromatic N) is 4. The minimum Gasteiger partial charge on any atom is -0.358 e. The quantitative estimate of drug-likeness (QED) is 0.629. The summed E-state index contributed by atoms with van der Waals surface area (Å²) in [7, 11) is 3.49. The average Bonchev–Trinajstić information content (AvgIpc) is 2.60. The van der Waals surface area contributed by atoms with E-state index in [0.29, 0.717) is 4.96 Å². The molecule has 0 fully saturated rings. The second-order valence-corrected chi connectivity index (χ2v) is 3.98. The number of anilines is 1. The molecule has 0 aliphatic heterocycles. The summed E-state index contributed by atoms with van der Waals surface area (Å²) in [5.74, 6) is 0.219. The van der Waals surface area contributed by atoms with Crippen LogP contribution >= 0.6 is 11.3 Å². The van der Waals surface area contributed by atoms with Gasteiger partial charge in [-0.2, -0.15) is 9.38 Å². The van der Waals surface area contributed by atoms with Crippen molar-refractivity contribution in [2.24, 2.45) is 0 Å². The van der Waals surface area contributed by atoms with Crippen molar-refractivity contribution < 1.29 is 4.92 Å². The summed E-state index contributed by atoms with van der Waals surface area (Å²) in [6.45, 7) is 0. The Labute approximate surface area is 89.1 Å². The van der Waals surface area contributed by atoms with E-state index in [1.807, 2.05) is 0 Å². The summed E-state index contributed by atoms with van der Waals surface area (Å²) in [5, 5.41) is 14.2. The Morgan fingerprint density at radius 1 is 1.67 bits per heavy atom. The lowest BCUT2D eigenvalue weighted by molar-refractivity contribution is -0.389. The van der Waals surface area contributed by atoms with Crippen molar-refractivity contribution >= 4 is 27.9 Å². The van der Waals surface area contributed by atoms with Gasteiger partial charge in [0, 0.05) is 19.5 Å². The van der Waals surface area contributed by atoms with Crippen LogP contribution in [0, 0.1) is 10.1 Å². The van der Waals surface area contributed by atoms with Crippen molar-refractivity contribution in [2.75, 3.05) is 19.5 Å². The van der Waals surface area contributed by atoms with Crippen LogP contribution in [-0.4, -0.2) is 33.4 Å². The fourth-order valence-electron chi connectivity index (χ4n) is 1.24. The molecular weight excluding hydrogens is 218 g/mol. The van der Waals surface area contributed by atoms with Crippen molar-refractivity contribution in [3.8, 4) is 0 Å². The zero-order valence-corrected chi connectivity index (χ0v) is 8.98. The molecule has 15 heavy (non-hydrogen) atoms. The SMILES string of the molecule is CN(C)Nc1nc2sccn2c1[N+](=O)[O-]. The summed E-state index contributed by atoms with van der Waals surface area (Å²) in [6, 6.07) is 0.